The summed E-state index contributed by atoms with van der Waals surface area (Å²) >= 11 is 0. The molecule has 30 heavy (non-hydrogen) atoms. The zero-order chi connectivity index (χ0) is 20.9. The van der Waals surface area contributed by atoms with Gasteiger partial charge in [-0.15, -0.1) is 0 Å². The monoisotopic (exact) mass is 403 g/mol. The molecule has 4 rings (SSSR count). The second-order valence-corrected chi connectivity index (χ2v) is 7.35. The molecule has 0 aliphatic heterocycles. The normalized spacial score (nSPS) is 11.2. The molecule has 1 amide bonds. The third-order valence-electron chi connectivity index (χ3n) is 4.82. The molecule has 3 heterocycles. The van der Waals surface area contributed by atoms with Crippen molar-refractivity contribution in [3.05, 3.63) is 66.6 Å². The Kier molecular flexibility index (Phi) is 5.79. The first kappa shape index (κ1) is 19.7. The lowest BCUT2D eigenvalue weighted by Gasteiger charge is -2.11. The summed E-state index contributed by atoms with van der Waals surface area (Å²) in [6, 6.07) is 15.6. The van der Waals surface area contributed by atoms with Crippen molar-refractivity contribution in [2.24, 2.45) is 0 Å². The van der Waals surface area contributed by atoms with E-state index in [0.717, 1.165) is 24.0 Å². The molecule has 0 radical (unpaired) electrons. The standard InChI is InChI=1S/C23H25N5O2/c1-16(2)28-22-19(15-26-28)18(14-20(27-22)21-10-6-13-30-21)23(29)25-12-7-11-24-17-8-4-3-5-9-17/h3-6,8-10,13-16,24H,7,11-12H2,1-2H3,(H,25,29). The minimum Gasteiger partial charge on any atom is -0.463 e. The maximum atomic E-state index is 13.0. The van der Waals surface area contributed by atoms with Crippen LogP contribution in [0.3, 0.4) is 0 Å². The Morgan fingerprint density at radius 3 is 2.70 bits per heavy atom. The molecule has 1 aromatic carbocycles. The van der Waals surface area contributed by atoms with Crippen LogP contribution in [-0.4, -0.2) is 33.8 Å². The van der Waals surface area contributed by atoms with Gasteiger partial charge in [0.25, 0.3) is 5.91 Å². The number of rotatable bonds is 8. The zero-order valence-electron chi connectivity index (χ0n) is 17.1. The molecule has 3 aromatic heterocycles. The van der Waals surface area contributed by atoms with Crippen molar-refractivity contribution in [3.8, 4) is 11.5 Å². The van der Waals surface area contributed by atoms with Gasteiger partial charge in [-0.1, -0.05) is 18.2 Å². The molecule has 0 aliphatic rings. The number of carbonyl (C=O) groups excluding carboxylic acids is 1. The molecule has 0 bridgehead atoms. The molecule has 7 heteroatoms. The summed E-state index contributed by atoms with van der Waals surface area (Å²) in [6.45, 7) is 5.41. The molecule has 0 spiro atoms. The molecule has 0 saturated heterocycles. The molecule has 0 aliphatic carbocycles. The van der Waals surface area contributed by atoms with Gasteiger partial charge in [-0.05, 0) is 50.6 Å². The highest BCUT2D eigenvalue weighted by atomic mass is 16.3. The van der Waals surface area contributed by atoms with Gasteiger partial charge < -0.3 is 15.1 Å². The maximum absolute atomic E-state index is 13.0. The highest BCUT2D eigenvalue weighted by Gasteiger charge is 2.19. The van der Waals surface area contributed by atoms with Gasteiger partial charge in [-0.3, -0.25) is 4.79 Å². The summed E-state index contributed by atoms with van der Waals surface area (Å²) in [5, 5.41) is 11.5. The molecule has 2 N–H and O–H groups in total. The van der Waals surface area contributed by atoms with Crippen LogP contribution < -0.4 is 10.6 Å². The smallest absolute Gasteiger partial charge is 0.252 e. The second kappa shape index (κ2) is 8.82. The summed E-state index contributed by atoms with van der Waals surface area (Å²) in [6.07, 6.45) is 4.12. The number of aromatic nitrogens is 3. The Morgan fingerprint density at radius 2 is 1.97 bits per heavy atom. The van der Waals surface area contributed by atoms with E-state index in [1.54, 1.807) is 24.6 Å². The van der Waals surface area contributed by atoms with E-state index in [1.807, 2.05) is 54.9 Å². The topological polar surface area (TPSA) is 85.0 Å². The molecule has 0 fully saturated rings. The van der Waals surface area contributed by atoms with Crippen LogP contribution in [-0.2, 0) is 0 Å². The van der Waals surface area contributed by atoms with E-state index in [-0.39, 0.29) is 11.9 Å². The van der Waals surface area contributed by atoms with Crippen LogP contribution in [0, 0.1) is 0 Å². The number of para-hydroxylation sites is 1. The molecular weight excluding hydrogens is 378 g/mol. The predicted molar refractivity (Wildman–Crippen MR) is 117 cm³/mol. The van der Waals surface area contributed by atoms with E-state index >= 15 is 0 Å². The first-order valence-corrected chi connectivity index (χ1v) is 10.1. The third kappa shape index (κ3) is 4.20. The summed E-state index contributed by atoms with van der Waals surface area (Å²) in [5.41, 5.74) is 2.92. The average Bonchev–Trinajstić information content (AvgIpc) is 3.43. The number of pyridine rings is 1. The van der Waals surface area contributed by atoms with Crippen molar-refractivity contribution < 1.29 is 9.21 Å². The number of fused-ring (bicyclic) bond motifs is 1. The van der Waals surface area contributed by atoms with E-state index in [4.69, 9.17) is 9.40 Å². The Balaban J connectivity index is 1.50. The largest absolute Gasteiger partial charge is 0.463 e. The van der Waals surface area contributed by atoms with Gasteiger partial charge in [0.05, 0.1) is 23.4 Å². The summed E-state index contributed by atoms with van der Waals surface area (Å²) in [4.78, 5) is 17.7. The SMILES string of the molecule is CC(C)n1ncc2c(C(=O)NCCCNc3ccccc3)cc(-c3ccco3)nc21. The quantitative estimate of drug-likeness (QED) is 0.423. The summed E-state index contributed by atoms with van der Waals surface area (Å²) in [7, 11) is 0. The first-order chi connectivity index (χ1) is 14.6. The minimum atomic E-state index is -0.141. The van der Waals surface area contributed by atoms with E-state index in [1.165, 1.54) is 0 Å². The molecule has 4 aromatic rings. The van der Waals surface area contributed by atoms with Gasteiger partial charge in [0.15, 0.2) is 11.4 Å². The highest BCUT2D eigenvalue weighted by molar-refractivity contribution is 6.06. The number of hydrogen-bond acceptors (Lipinski definition) is 5. The lowest BCUT2D eigenvalue weighted by Crippen LogP contribution is -2.26. The van der Waals surface area contributed by atoms with Gasteiger partial charge in [-0.25, -0.2) is 9.67 Å². The number of amides is 1. The summed E-state index contributed by atoms with van der Waals surface area (Å²) < 4.78 is 7.32. The van der Waals surface area contributed by atoms with E-state index in [9.17, 15) is 4.79 Å². The van der Waals surface area contributed by atoms with Crippen molar-refractivity contribution in [3.63, 3.8) is 0 Å². The van der Waals surface area contributed by atoms with Crippen molar-refractivity contribution in [1.82, 2.24) is 20.1 Å². The predicted octanol–water partition coefficient (Wildman–Crippen LogP) is 4.50. The lowest BCUT2D eigenvalue weighted by molar-refractivity contribution is 0.0955. The Morgan fingerprint density at radius 1 is 1.13 bits per heavy atom. The fraction of sp³-hybridized carbons (Fsp3) is 0.261. The zero-order valence-corrected chi connectivity index (χ0v) is 17.1. The molecule has 7 nitrogen and oxygen atoms in total. The number of anilines is 1. The number of carbonyl (C=O) groups is 1. The summed E-state index contributed by atoms with van der Waals surface area (Å²) in [5.74, 6) is 0.479. The number of benzene rings is 1. The van der Waals surface area contributed by atoms with Gasteiger partial charge in [0.2, 0.25) is 0 Å². The molecule has 0 unspecified atom stereocenters. The van der Waals surface area contributed by atoms with Crippen LogP contribution >= 0.6 is 0 Å². The molecular formula is C23H25N5O2. The van der Waals surface area contributed by atoms with Gasteiger partial charge in [-0.2, -0.15) is 5.10 Å². The lowest BCUT2D eigenvalue weighted by atomic mass is 10.1. The van der Waals surface area contributed by atoms with Crippen molar-refractivity contribution in [2.45, 2.75) is 26.3 Å². The Bertz CT molecular complexity index is 1120. The Labute approximate surface area is 175 Å². The third-order valence-corrected chi connectivity index (χ3v) is 4.82. The number of hydrogen-bond donors (Lipinski definition) is 2. The Hall–Kier alpha value is -3.61. The van der Waals surface area contributed by atoms with Crippen LogP contribution in [0.1, 0.15) is 36.7 Å². The van der Waals surface area contributed by atoms with Crippen molar-refractivity contribution >= 4 is 22.6 Å². The van der Waals surface area contributed by atoms with Crippen LogP contribution in [0.15, 0.2) is 65.4 Å². The molecule has 0 atom stereocenters. The minimum absolute atomic E-state index is 0.127. The van der Waals surface area contributed by atoms with Crippen molar-refractivity contribution in [2.75, 3.05) is 18.4 Å². The maximum Gasteiger partial charge on any atom is 0.252 e. The fourth-order valence-corrected chi connectivity index (χ4v) is 3.31. The number of furan rings is 1. The van der Waals surface area contributed by atoms with Crippen LogP contribution in [0.4, 0.5) is 5.69 Å². The van der Waals surface area contributed by atoms with E-state index in [0.29, 0.717) is 29.2 Å². The van der Waals surface area contributed by atoms with E-state index in [2.05, 4.69) is 15.7 Å². The molecule has 154 valence electrons. The van der Waals surface area contributed by atoms with Gasteiger partial charge >= 0.3 is 0 Å². The van der Waals surface area contributed by atoms with Gasteiger partial charge in [0.1, 0.15) is 5.69 Å². The first-order valence-electron chi connectivity index (χ1n) is 10.1. The fourth-order valence-electron chi connectivity index (χ4n) is 3.31. The van der Waals surface area contributed by atoms with E-state index < -0.39 is 0 Å². The molecule has 0 saturated carbocycles. The number of nitrogens with zero attached hydrogens (tertiary/aromatic N) is 3. The van der Waals surface area contributed by atoms with Gasteiger partial charge in [0, 0.05) is 24.8 Å². The van der Waals surface area contributed by atoms with Crippen LogP contribution in [0.25, 0.3) is 22.5 Å². The van der Waals surface area contributed by atoms with Crippen molar-refractivity contribution in [1.29, 1.82) is 0 Å². The average molecular weight is 403 g/mol. The second-order valence-electron chi connectivity index (χ2n) is 7.35. The van der Waals surface area contributed by atoms with Crippen LogP contribution in [0.2, 0.25) is 0 Å². The number of nitrogens with one attached hydrogen (secondary N) is 2. The van der Waals surface area contributed by atoms with Crippen LogP contribution in [0.5, 0.6) is 0 Å². The highest BCUT2D eigenvalue weighted by Crippen LogP contribution is 2.26.